The monoisotopic (exact) mass is 347 g/mol. The van der Waals surface area contributed by atoms with E-state index < -0.39 is 5.97 Å². The van der Waals surface area contributed by atoms with Gasteiger partial charge in [0, 0.05) is 12.6 Å². The number of phenols is 1. The number of hydrogen-bond donors (Lipinski definition) is 2. The minimum absolute atomic E-state index is 0.369. The van der Waals surface area contributed by atoms with E-state index in [1.165, 1.54) is 11.6 Å². The van der Waals surface area contributed by atoms with Gasteiger partial charge >= 0.3 is 5.97 Å². The second-order valence-electron chi connectivity index (χ2n) is 6.79. The van der Waals surface area contributed by atoms with Crippen molar-refractivity contribution in [2.45, 2.75) is 40.0 Å². The van der Waals surface area contributed by atoms with E-state index in [0.717, 1.165) is 24.6 Å². The molecule has 0 bridgehead atoms. The molecule has 1 rings (SSSR count). The Hall–Kier alpha value is -2.07. The number of phenolic OH excluding ortho intramolecular Hbond substituents is 1. The summed E-state index contributed by atoms with van der Waals surface area (Å²) in [6, 6.07) is 7.66. The zero-order valence-corrected chi connectivity index (χ0v) is 16.4. The molecule has 2 atom stereocenters. The summed E-state index contributed by atoms with van der Waals surface area (Å²) in [5.41, 5.74) is 2.34. The Bertz CT molecular complexity index is 572. The maximum Gasteiger partial charge on any atom is 0.328 e. The lowest BCUT2D eigenvalue weighted by Gasteiger charge is -2.26. The Morgan fingerprint density at radius 2 is 1.92 bits per heavy atom. The summed E-state index contributed by atoms with van der Waals surface area (Å²) in [6.07, 6.45) is 5.47. The van der Waals surface area contributed by atoms with Gasteiger partial charge in [-0.1, -0.05) is 43.7 Å². The number of carboxylic acids is 1. The summed E-state index contributed by atoms with van der Waals surface area (Å²) in [5, 5.41) is 17.6. The summed E-state index contributed by atoms with van der Waals surface area (Å²) < 4.78 is 0. The molecule has 0 heterocycles. The number of carboxylic acid groups (broad SMARTS) is 1. The average molecular weight is 347 g/mol. The fourth-order valence-corrected chi connectivity index (χ4v) is 2.75. The third-order valence-electron chi connectivity index (χ3n) is 3.75. The number of benzene rings is 1. The summed E-state index contributed by atoms with van der Waals surface area (Å²) in [7, 11) is 4.21. The third kappa shape index (κ3) is 11.2. The van der Waals surface area contributed by atoms with Gasteiger partial charge in [-0.05, 0) is 63.9 Å². The molecule has 4 nitrogen and oxygen atoms in total. The Morgan fingerprint density at radius 3 is 2.36 bits per heavy atom. The predicted molar refractivity (Wildman–Crippen MR) is 105 cm³/mol. The molecule has 25 heavy (non-hydrogen) atoms. The van der Waals surface area contributed by atoms with Crippen LogP contribution in [0.4, 0.5) is 0 Å². The van der Waals surface area contributed by atoms with Crippen LogP contribution in [0, 0.1) is 5.92 Å². The largest absolute Gasteiger partial charge is 0.508 e. The number of hydrogen-bond acceptors (Lipinski definition) is 3. The molecule has 0 aliphatic carbocycles. The number of rotatable bonds is 7. The zero-order valence-electron chi connectivity index (χ0n) is 16.4. The van der Waals surface area contributed by atoms with Gasteiger partial charge in [-0.2, -0.15) is 0 Å². The molecular formula is C21H33NO3. The summed E-state index contributed by atoms with van der Waals surface area (Å²) in [6.45, 7) is 9.38. The van der Waals surface area contributed by atoms with E-state index in [-0.39, 0.29) is 0 Å². The maximum absolute atomic E-state index is 9.86. The second kappa shape index (κ2) is 12.3. The van der Waals surface area contributed by atoms with Crippen molar-refractivity contribution in [3.63, 3.8) is 0 Å². The van der Waals surface area contributed by atoms with E-state index in [2.05, 4.69) is 38.9 Å². The van der Waals surface area contributed by atoms with Crippen LogP contribution < -0.4 is 0 Å². The number of carbonyl (C=O) groups is 1. The van der Waals surface area contributed by atoms with Crippen molar-refractivity contribution in [3.05, 3.63) is 53.6 Å². The van der Waals surface area contributed by atoms with Crippen molar-refractivity contribution >= 4 is 5.97 Å². The standard InChI is InChI=1S/C14H23NO.C7H10O2/c1-5-14(11(2)10-15(3)4)12-7-6-8-13(16)9-12;1-6(2)4-3-5-7(8)9/h6-9,11,14,16H,5,10H2,1-4H3;3-5H,1-2H3,(H,8,9)/b;5-3+/t11-,14+;/m0./s1. The minimum atomic E-state index is -0.910. The summed E-state index contributed by atoms with van der Waals surface area (Å²) >= 11 is 0. The molecule has 0 saturated carbocycles. The van der Waals surface area contributed by atoms with Gasteiger partial charge in [0.05, 0.1) is 0 Å². The van der Waals surface area contributed by atoms with Crippen molar-refractivity contribution in [3.8, 4) is 5.75 Å². The highest BCUT2D eigenvalue weighted by molar-refractivity contribution is 5.80. The highest BCUT2D eigenvalue weighted by Gasteiger charge is 2.18. The van der Waals surface area contributed by atoms with E-state index >= 15 is 0 Å². The van der Waals surface area contributed by atoms with E-state index in [4.69, 9.17) is 5.11 Å². The van der Waals surface area contributed by atoms with E-state index in [1.54, 1.807) is 12.1 Å². The smallest absolute Gasteiger partial charge is 0.328 e. The van der Waals surface area contributed by atoms with Gasteiger partial charge in [0.2, 0.25) is 0 Å². The lowest BCUT2D eigenvalue weighted by molar-refractivity contribution is -0.131. The Balaban J connectivity index is 0.000000547. The molecule has 0 saturated heterocycles. The molecule has 0 aliphatic heterocycles. The predicted octanol–water partition coefficient (Wildman–Crippen LogP) is 4.68. The van der Waals surface area contributed by atoms with Crippen molar-refractivity contribution in [1.29, 1.82) is 0 Å². The fourth-order valence-electron chi connectivity index (χ4n) is 2.75. The molecule has 0 fully saturated rings. The molecule has 0 amide bonds. The molecule has 0 unspecified atom stereocenters. The number of aliphatic carboxylic acids is 1. The second-order valence-corrected chi connectivity index (χ2v) is 6.79. The first-order valence-electron chi connectivity index (χ1n) is 8.65. The topological polar surface area (TPSA) is 60.8 Å². The molecule has 0 aliphatic rings. The van der Waals surface area contributed by atoms with Gasteiger partial charge < -0.3 is 15.1 Å². The van der Waals surface area contributed by atoms with Crippen LogP contribution in [0.1, 0.15) is 45.6 Å². The van der Waals surface area contributed by atoms with Gasteiger partial charge in [0.1, 0.15) is 5.75 Å². The molecule has 140 valence electrons. The highest BCUT2D eigenvalue weighted by Crippen LogP contribution is 2.30. The normalized spacial score (nSPS) is 13.1. The van der Waals surface area contributed by atoms with Crippen molar-refractivity contribution in [2.75, 3.05) is 20.6 Å². The van der Waals surface area contributed by atoms with Crippen molar-refractivity contribution in [2.24, 2.45) is 5.92 Å². The minimum Gasteiger partial charge on any atom is -0.508 e. The van der Waals surface area contributed by atoms with Gasteiger partial charge in [-0.3, -0.25) is 0 Å². The molecule has 1 aromatic carbocycles. The van der Waals surface area contributed by atoms with E-state index in [9.17, 15) is 9.90 Å². The first-order chi connectivity index (χ1) is 11.7. The SMILES string of the molecule is CC(C)=C/C=C/C(=O)O.CC[C@@H](c1cccc(O)c1)[C@@H](C)CN(C)C. The molecule has 4 heteroatoms. The first kappa shape index (κ1) is 22.9. The maximum atomic E-state index is 9.86. The van der Waals surface area contributed by atoms with Gasteiger partial charge in [0.25, 0.3) is 0 Å². The summed E-state index contributed by atoms with van der Waals surface area (Å²) in [5.74, 6) is 0.580. The van der Waals surface area contributed by atoms with Crippen LogP contribution >= 0.6 is 0 Å². The lowest BCUT2D eigenvalue weighted by Crippen LogP contribution is -2.24. The van der Waals surface area contributed by atoms with Gasteiger partial charge in [-0.15, -0.1) is 0 Å². The lowest BCUT2D eigenvalue weighted by atomic mass is 9.85. The summed E-state index contributed by atoms with van der Waals surface area (Å²) in [4.78, 5) is 12.1. The van der Waals surface area contributed by atoms with Crippen LogP contribution in [0.3, 0.4) is 0 Å². The van der Waals surface area contributed by atoms with Crippen molar-refractivity contribution in [1.82, 2.24) is 4.90 Å². The first-order valence-corrected chi connectivity index (χ1v) is 8.65. The number of allylic oxidation sites excluding steroid dienone is 3. The molecule has 0 spiro atoms. The van der Waals surface area contributed by atoms with Crippen LogP contribution in [-0.4, -0.2) is 41.7 Å². The zero-order chi connectivity index (χ0) is 19.4. The molecule has 1 aromatic rings. The van der Waals surface area contributed by atoms with Crippen molar-refractivity contribution < 1.29 is 15.0 Å². The molecular weight excluding hydrogens is 314 g/mol. The Labute approximate surface area is 152 Å². The van der Waals surface area contributed by atoms with E-state index in [1.807, 2.05) is 26.0 Å². The Morgan fingerprint density at radius 1 is 1.28 bits per heavy atom. The van der Waals surface area contributed by atoms with E-state index in [0.29, 0.717) is 17.6 Å². The Kier molecular flexibility index (Phi) is 11.3. The average Bonchev–Trinajstić information content (AvgIpc) is 2.47. The molecule has 2 N–H and O–H groups in total. The van der Waals surface area contributed by atoms with Gasteiger partial charge in [0.15, 0.2) is 0 Å². The third-order valence-corrected chi connectivity index (χ3v) is 3.75. The molecule has 0 aromatic heterocycles. The van der Waals surface area contributed by atoms with Crippen LogP contribution in [0.2, 0.25) is 0 Å². The van der Waals surface area contributed by atoms with Crippen LogP contribution in [0.15, 0.2) is 48.1 Å². The van der Waals surface area contributed by atoms with Gasteiger partial charge in [-0.25, -0.2) is 4.79 Å². The van der Waals surface area contributed by atoms with Crippen LogP contribution in [0.5, 0.6) is 5.75 Å². The number of nitrogens with zero attached hydrogens (tertiary/aromatic N) is 1. The molecule has 0 radical (unpaired) electrons. The quantitative estimate of drug-likeness (QED) is 0.555. The fraction of sp³-hybridized carbons (Fsp3) is 0.476. The number of aromatic hydroxyl groups is 1. The highest BCUT2D eigenvalue weighted by atomic mass is 16.4. The van der Waals surface area contributed by atoms with Crippen LogP contribution in [0.25, 0.3) is 0 Å². The van der Waals surface area contributed by atoms with Crippen LogP contribution in [-0.2, 0) is 4.79 Å².